The Balaban J connectivity index is 1.20. The minimum Gasteiger partial charge on any atom is -0.480 e. The fraction of sp³-hybridized carbons (Fsp3) is 0.344. The quantitative estimate of drug-likeness (QED) is 0.332. The van der Waals surface area contributed by atoms with E-state index in [4.69, 9.17) is 4.74 Å². The van der Waals surface area contributed by atoms with Crippen LogP contribution in [0.3, 0.4) is 0 Å². The highest BCUT2D eigenvalue weighted by Crippen LogP contribution is 2.44. The molecule has 3 aromatic rings. The van der Waals surface area contributed by atoms with Crippen molar-refractivity contribution in [1.82, 2.24) is 15.5 Å². The van der Waals surface area contributed by atoms with E-state index in [1.54, 1.807) is 0 Å². The summed E-state index contributed by atoms with van der Waals surface area (Å²) in [5, 5.41) is 15.2. The van der Waals surface area contributed by atoms with Crippen molar-refractivity contribution in [1.29, 1.82) is 0 Å². The van der Waals surface area contributed by atoms with E-state index in [2.05, 4.69) is 22.8 Å². The molecule has 1 fully saturated rings. The van der Waals surface area contributed by atoms with Gasteiger partial charge in [-0.2, -0.15) is 0 Å². The third-order valence-corrected chi connectivity index (χ3v) is 7.92. The van der Waals surface area contributed by atoms with Gasteiger partial charge in [0.25, 0.3) is 0 Å². The molecular weight excluding hydrogens is 506 g/mol. The van der Waals surface area contributed by atoms with E-state index >= 15 is 0 Å². The summed E-state index contributed by atoms with van der Waals surface area (Å²) in [5.41, 5.74) is 5.53. The average molecular weight is 542 g/mol. The number of rotatable bonds is 11. The van der Waals surface area contributed by atoms with E-state index in [1.807, 2.05) is 78.7 Å². The lowest BCUT2D eigenvalue weighted by atomic mass is 9.79. The summed E-state index contributed by atoms with van der Waals surface area (Å²) in [5.74, 6) is -1.77. The number of benzene rings is 3. The molecule has 2 unspecified atom stereocenters. The summed E-state index contributed by atoms with van der Waals surface area (Å²) in [6.45, 7) is 0.809. The minimum atomic E-state index is -1.12. The SMILES string of the molecule is CN(Cc1ccccc1)CC(NC(=O)C(NC(=O)OCC1c2ccccc2-c2ccccc21)C1CCC1)C(=O)O. The van der Waals surface area contributed by atoms with Crippen molar-refractivity contribution in [2.75, 3.05) is 20.2 Å². The third kappa shape index (κ3) is 6.18. The van der Waals surface area contributed by atoms with Crippen LogP contribution in [-0.2, 0) is 20.9 Å². The van der Waals surface area contributed by atoms with Crippen molar-refractivity contribution in [3.63, 3.8) is 0 Å². The number of ether oxygens (including phenoxy) is 1. The Hall–Kier alpha value is -4.17. The lowest BCUT2D eigenvalue weighted by Crippen LogP contribution is -2.57. The van der Waals surface area contributed by atoms with E-state index in [-0.39, 0.29) is 25.0 Å². The summed E-state index contributed by atoms with van der Waals surface area (Å²) in [6.07, 6.45) is 1.85. The van der Waals surface area contributed by atoms with Gasteiger partial charge in [-0.3, -0.25) is 9.69 Å². The second-order valence-electron chi connectivity index (χ2n) is 10.7. The molecule has 0 aliphatic heterocycles. The van der Waals surface area contributed by atoms with E-state index in [1.165, 1.54) is 0 Å². The molecule has 0 bridgehead atoms. The van der Waals surface area contributed by atoms with Gasteiger partial charge in [0.2, 0.25) is 5.91 Å². The Morgan fingerprint density at radius 3 is 2.08 bits per heavy atom. The molecule has 1 saturated carbocycles. The molecule has 3 N–H and O–H groups in total. The highest BCUT2D eigenvalue weighted by atomic mass is 16.5. The number of nitrogens with one attached hydrogen (secondary N) is 2. The van der Waals surface area contributed by atoms with Crippen LogP contribution >= 0.6 is 0 Å². The van der Waals surface area contributed by atoms with Gasteiger partial charge in [0.05, 0.1) is 0 Å². The van der Waals surface area contributed by atoms with E-state index in [0.29, 0.717) is 6.54 Å². The van der Waals surface area contributed by atoms with Crippen LogP contribution in [0.25, 0.3) is 11.1 Å². The molecule has 2 atom stereocenters. The maximum atomic E-state index is 13.3. The number of alkyl carbamates (subject to hydrolysis) is 1. The van der Waals surface area contributed by atoms with Crippen LogP contribution in [0.2, 0.25) is 0 Å². The van der Waals surface area contributed by atoms with Crippen LogP contribution in [0, 0.1) is 5.92 Å². The summed E-state index contributed by atoms with van der Waals surface area (Å²) in [7, 11) is 1.81. The first-order chi connectivity index (χ1) is 19.4. The van der Waals surface area contributed by atoms with E-state index < -0.39 is 30.1 Å². The molecule has 0 saturated heterocycles. The first kappa shape index (κ1) is 27.4. The molecule has 8 nitrogen and oxygen atoms in total. The maximum Gasteiger partial charge on any atom is 0.407 e. The molecule has 5 rings (SSSR count). The number of hydrogen-bond acceptors (Lipinski definition) is 5. The first-order valence-electron chi connectivity index (χ1n) is 13.8. The molecule has 40 heavy (non-hydrogen) atoms. The number of carbonyl (C=O) groups is 3. The smallest absolute Gasteiger partial charge is 0.407 e. The fourth-order valence-corrected chi connectivity index (χ4v) is 5.66. The zero-order valence-corrected chi connectivity index (χ0v) is 22.6. The molecule has 2 aliphatic carbocycles. The van der Waals surface area contributed by atoms with Gasteiger partial charge >= 0.3 is 12.1 Å². The molecular formula is C32H35N3O5. The van der Waals surface area contributed by atoms with Crippen molar-refractivity contribution >= 4 is 18.0 Å². The zero-order valence-electron chi connectivity index (χ0n) is 22.6. The third-order valence-electron chi connectivity index (χ3n) is 7.92. The number of amides is 2. The van der Waals surface area contributed by atoms with Crippen molar-refractivity contribution < 1.29 is 24.2 Å². The van der Waals surface area contributed by atoms with Gasteiger partial charge in [-0.1, -0.05) is 85.3 Å². The Morgan fingerprint density at radius 2 is 1.50 bits per heavy atom. The molecule has 0 aromatic heterocycles. The predicted molar refractivity (Wildman–Crippen MR) is 152 cm³/mol. The largest absolute Gasteiger partial charge is 0.480 e. The number of hydrogen-bond donors (Lipinski definition) is 3. The number of carbonyl (C=O) groups excluding carboxylic acids is 2. The second-order valence-corrected chi connectivity index (χ2v) is 10.7. The molecule has 0 radical (unpaired) electrons. The Kier molecular flexibility index (Phi) is 8.45. The molecule has 2 aliphatic rings. The maximum absolute atomic E-state index is 13.3. The summed E-state index contributed by atoms with van der Waals surface area (Å²) in [6, 6.07) is 23.9. The molecule has 208 valence electrons. The Labute approximate surface area is 234 Å². The molecule has 0 spiro atoms. The second kappa shape index (κ2) is 12.3. The van der Waals surface area contributed by atoms with Crippen LogP contribution in [0.1, 0.15) is 41.9 Å². The van der Waals surface area contributed by atoms with Gasteiger partial charge in [0.15, 0.2) is 0 Å². The normalized spacial score (nSPS) is 15.8. The topological polar surface area (TPSA) is 108 Å². The standard InChI is InChI=1S/C32H35N3O5/c1-35(18-21-10-3-2-4-11-21)19-28(31(37)38)33-30(36)29(22-12-9-13-22)34-32(39)40-20-27-25-16-7-5-14-23(25)24-15-6-8-17-26(24)27/h2-8,10-11,14-17,22,27-29H,9,12-13,18-20H2,1H3,(H,33,36)(H,34,39)(H,37,38). The van der Waals surface area contributed by atoms with Crippen molar-refractivity contribution in [3.05, 3.63) is 95.6 Å². The van der Waals surface area contributed by atoms with Gasteiger partial charge in [-0.25, -0.2) is 9.59 Å². The number of carboxylic acids is 1. The highest BCUT2D eigenvalue weighted by Gasteiger charge is 2.37. The van der Waals surface area contributed by atoms with Gasteiger partial charge in [0.1, 0.15) is 18.7 Å². The molecule has 8 heteroatoms. The van der Waals surface area contributed by atoms with Crippen LogP contribution in [-0.4, -0.2) is 60.3 Å². The van der Waals surface area contributed by atoms with Crippen LogP contribution in [0.5, 0.6) is 0 Å². The van der Waals surface area contributed by atoms with Gasteiger partial charge in [-0.05, 0) is 53.6 Å². The van der Waals surface area contributed by atoms with Gasteiger partial charge < -0.3 is 20.5 Å². The van der Waals surface area contributed by atoms with E-state index in [0.717, 1.165) is 47.1 Å². The average Bonchev–Trinajstić information content (AvgIpc) is 3.24. The first-order valence-corrected chi connectivity index (χ1v) is 13.8. The number of aliphatic carboxylic acids is 1. The minimum absolute atomic E-state index is 0.0584. The lowest BCUT2D eigenvalue weighted by molar-refractivity contribution is -0.143. The molecule has 0 heterocycles. The Bertz CT molecular complexity index is 1310. The van der Waals surface area contributed by atoms with Crippen molar-refractivity contribution in [2.45, 2.75) is 43.8 Å². The van der Waals surface area contributed by atoms with Crippen LogP contribution in [0.4, 0.5) is 4.79 Å². The number of fused-ring (bicyclic) bond motifs is 3. The number of nitrogens with zero attached hydrogens (tertiary/aromatic N) is 1. The van der Waals surface area contributed by atoms with Crippen LogP contribution in [0.15, 0.2) is 78.9 Å². The zero-order chi connectivity index (χ0) is 28.1. The van der Waals surface area contributed by atoms with Gasteiger partial charge in [0, 0.05) is 19.0 Å². The molecule has 3 aromatic carbocycles. The summed E-state index contributed by atoms with van der Waals surface area (Å²) >= 11 is 0. The van der Waals surface area contributed by atoms with Crippen molar-refractivity contribution in [2.24, 2.45) is 5.92 Å². The van der Waals surface area contributed by atoms with Crippen LogP contribution < -0.4 is 10.6 Å². The number of carboxylic acid groups (broad SMARTS) is 1. The fourth-order valence-electron chi connectivity index (χ4n) is 5.66. The monoisotopic (exact) mass is 541 g/mol. The summed E-state index contributed by atoms with van der Waals surface area (Å²) in [4.78, 5) is 40.1. The Morgan fingerprint density at radius 1 is 0.900 bits per heavy atom. The summed E-state index contributed by atoms with van der Waals surface area (Å²) < 4.78 is 5.67. The number of likely N-dealkylation sites (N-methyl/N-ethyl adjacent to an activating group) is 1. The van der Waals surface area contributed by atoms with E-state index in [9.17, 15) is 19.5 Å². The predicted octanol–water partition coefficient (Wildman–Crippen LogP) is 4.40. The van der Waals surface area contributed by atoms with Gasteiger partial charge in [-0.15, -0.1) is 0 Å². The lowest BCUT2D eigenvalue weighted by Gasteiger charge is -2.34. The molecule has 2 amide bonds. The van der Waals surface area contributed by atoms with Crippen molar-refractivity contribution in [3.8, 4) is 11.1 Å². The highest BCUT2D eigenvalue weighted by molar-refractivity contribution is 5.89.